The van der Waals surface area contributed by atoms with Crippen LogP contribution in [-0.2, 0) is 54.4 Å². The van der Waals surface area contributed by atoms with E-state index in [0.29, 0.717) is 18.8 Å². The maximum atomic E-state index is 14.4. The normalized spacial score (nSPS) is 16.9. The highest BCUT2D eigenvalue weighted by molar-refractivity contribution is 5.99. The summed E-state index contributed by atoms with van der Waals surface area (Å²) in [6.07, 6.45) is 5.49. The number of hydrogen-bond donors (Lipinski definition) is 13. The number of primary amides is 2. The quantitative estimate of drug-likeness (QED) is 0.0200. The van der Waals surface area contributed by atoms with Gasteiger partial charge in [0.25, 0.3) is 0 Å². The van der Waals surface area contributed by atoms with E-state index in [1.807, 2.05) is 6.92 Å². The van der Waals surface area contributed by atoms with Crippen LogP contribution in [0.25, 0.3) is 0 Å². The number of carbonyl (C=O) groups is 10. The van der Waals surface area contributed by atoms with E-state index in [1.165, 1.54) is 4.90 Å². The van der Waals surface area contributed by atoms with E-state index < -0.39 is 114 Å². The minimum absolute atomic E-state index is 0.00211. The highest BCUT2D eigenvalue weighted by Gasteiger charge is 2.40. The Bertz CT molecular complexity index is 2320. The van der Waals surface area contributed by atoms with Crippen molar-refractivity contribution in [3.05, 3.63) is 29.8 Å². The number of likely N-dealkylation sites (tertiary alicyclic amines) is 1. The average molecular weight is 1130 g/mol. The Morgan fingerprint density at radius 1 is 0.613 bits per heavy atom. The second kappa shape index (κ2) is 34.3. The zero-order valence-electron chi connectivity index (χ0n) is 47.0. The summed E-state index contributed by atoms with van der Waals surface area (Å²) >= 11 is 0. The highest BCUT2D eigenvalue weighted by atomic mass is 16.5. The van der Waals surface area contributed by atoms with Crippen LogP contribution < -0.4 is 76.4 Å². The molecule has 2 aliphatic rings. The molecule has 3 rings (SSSR count). The molecule has 0 bridgehead atoms. The van der Waals surface area contributed by atoms with Gasteiger partial charge in [0.2, 0.25) is 59.1 Å². The fourth-order valence-electron chi connectivity index (χ4n) is 9.57. The molecule has 1 saturated heterocycles. The van der Waals surface area contributed by atoms with E-state index in [1.54, 1.807) is 52.0 Å². The second-order valence-corrected chi connectivity index (χ2v) is 20.6. The largest absolute Gasteiger partial charge is 0.494 e. The number of amides is 10. The zero-order valence-corrected chi connectivity index (χ0v) is 47.0. The summed E-state index contributed by atoms with van der Waals surface area (Å²) in [5.41, 5.74) is 33.6. The van der Waals surface area contributed by atoms with Gasteiger partial charge in [0.15, 0.2) is 11.9 Å². The Morgan fingerprint density at radius 3 is 1.71 bits per heavy atom. The van der Waals surface area contributed by atoms with Gasteiger partial charge in [0.05, 0.1) is 13.0 Å². The minimum Gasteiger partial charge on any atom is -0.494 e. The molecule has 1 heterocycles. The van der Waals surface area contributed by atoms with Crippen LogP contribution in [0.5, 0.6) is 5.75 Å². The van der Waals surface area contributed by atoms with E-state index >= 15 is 0 Å². The summed E-state index contributed by atoms with van der Waals surface area (Å²) in [5.74, 6) is -7.61. The predicted octanol–water partition coefficient (Wildman–Crippen LogP) is -2.07. The average Bonchev–Trinajstić information content (AvgIpc) is 3.93. The van der Waals surface area contributed by atoms with Crippen molar-refractivity contribution in [1.82, 2.24) is 42.1 Å². The molecule has 0 unspecified atom stereocenters. The van der Waals surface area contributed by atoms with Crippen molar-refractivity contribution < 1.29 is 52.7 Å². The van der Waals surface area contributed by atoms with Gasteiger partial charge in [-0.15, -0.1) is 0 Å². The lowest BCUT2D eigenvalue weighted by molar-refractivity contribution is -0.143. The molecule has 446 valence electrons. The standard InChI is InChI=1S/C53H88N16O11/c1-6-34(51(79)69-26-14-19-40(69)49(77)65-36(18-13-25-61-53(58)59)45(73)64-35(44(55)72)17-12-24-60-52(56)57)63-47(75)39(29-41(54)70)67-50(78)43(30(4)5)68-48(76)38(27-31-15-10-9-11-16-31)66-46(74)37(62-42(71)7-2)28-32-20-22-33(23-21-32)80-8-3/h20-23,30-31,34-40,43H,6-19,24-29H2,1-5H3,(H2,54,70)(H2,55,72)(H,62,71)(H,63,75)(H,64,73)(H,65,77)(H,66,74)(H,67,78)(H,68,76)(H4,56,57,60)(H4,58,59,61)/t34-,35-,36-,37+,38-,39-,40-,43-/m0/s1. The number of hydrogen-bond acceptors (Lipinski definition) is 13. The van der Waals surface area contributed by atoms with Crippen molar-refractivity contribution in [2.75, 3.05) is 26.2 Å². The lowest BCUT2D eigenvalue weighted by Crippen LogP contribution is -2.61. The number of aliphatic imine (C=N–C) groups is 2. The first-order chi connectivity index (χ1) is 38.0. The number of rotatable bonds is 34. The fraction of sp³-hybridized carbons (Fsp3) is 0.660. The van der Waals surface area contributed by atoms with Gasteiger partial charge in [-0.2, -0.15) is 0 Å². The predicted molar refractivity (Wildman–Crippen MR) is 299 cm³/mol. The molecule has 1 aliphatic heterocycles. The topological polar surface area (TPSA) is 448 Å². The molecule has 1 saturated carbocycles. The van der Waals surface area contributed by atoms with Gasteiger partial charge in [-0.25, -0.2) is 0 Å². The van der Waals surface area contributed by atoms with Crippen LogP contribution in [0.2, 0.25) is 0 Å². The molecule has 80 heavy (non-hydrogen) atoms. The van der Waals surface area contributed by atoms with Gasteiger partial charge in [0, 0.05) is 32.5 Å². The molecule has 0 aromatic heterocycles. The number of guanidine groups is 2. The molecule has 10 amide bonds. The fourth-order valence-corrected chi connectivity index (χ4v) is 9.57. The Morgan fingerprint density at radius 2 is 1.16 bits per heavy atom. The van der Waals surface area contributed by atoms with Gasteiger partial charge in [0.1, 0.15) is 54.1 Å². The Labute approximate surface area is 468 Å². The SMILES string of the molecule is CCOc1ccc(C[C@@H](NC(=O)CC)C(=O)N[C@@H](CC2CCCCC2)C(=O)N[C@H](C(=O)N[C@@H](CC(N)=O)C(=O)N[C@@H](CC)C(=O)N2CCC[C@H]2C(=O)N[C@@H](CCCN=C(N)N)C(=O)N[C@@H](CCCN=C(N)N)C(N)=O)C(C)C)cc1. The van der Waals surface area contributed by atoms with E-state index in [2.05, 4.69) is 47.2 Å². The minimum atomic E-state index is -1.63. The smallest absolute Gasteiger partial charge is 0.245 e. The molecule has 1 aromatic carbocycles. The summed E-state index contributed by atoms with van der Waals surface area (Å²) < 4.78 is 5.55. The van der Waals surface area contributed by atoms with Crippen LogP contribution in [0.1, 0.15) is 136 Å². The molecular weight excluding hydrogens is 1040 g/mol. The van der Waals surface area contributed by atoms with Crippen LogP contribution in [0.3, 0.4) is 0 Å². The lowest BCUT2D eigenvalue weighted by atomic mass is 9.84. The zero-order chi connectivity index (χ0) is 59.5. The molecule has 27 heteroatoms. The van der Waals surface area contributed by atoms with Crippen LogP contribution in [0.4, 0.5) is 0 Å². The molecule has 27 nitrogen and oxygen atoms in total. The molecule has 0 spiro atoms. The third kappa shape index (κ3) is 22.9. The van der Waals surface area contributed by atoms with Crippen molar-refractivity contribution in [2.24, 2.45) is 56.2 Å². The van der Waals surface area contributed by atoms with Crippen molar-refractivity contribution in [3.8, 4) is 5.75 Å². The van der Waals surface area contributed by atoms with Crippen LogP contribution >= 0.6 is 0 Å². The summed E-state index contributed by atoms with van der Waals surface area (Å²) in [7, 11) is 0. The molecule has 19 N–H and O–H groups in total. The van der Waals surface area contributed by atoms with Gasteiger partial charge >= 0.3 is 0 Å². The van der Waals surface area contributed by atoms with Crippen LogP contribution in [0, 0.1) is 11.8 Å². The molecule has 8 atom stereocenters. The summed E-state index contributed by atoms with van der Waals surface area (Å²) in [4.78, 5) is 145. The number of nitrogens with one attached hydrogen (secondary N) is 7. The number of carbonyl (C=O) groups excluding carboxylic acids is 10. The second-order valence-electron chi connectivity index (χ2n) is 20.6. The van der Waals surface area contributed by atoms with E-state index in [9.17, 15) is 47.9 Å². The summed E-state index contributed by atoms with van der Waals surface area (Å²) in [5, 5.41) is 18.8. The first-order valence-corrected chi connectivity index (χ1v) is 27.8. The maximum absolute atomic E-state index is 14.4. The molecule has 0 radical (unpaired) electrons. The lowest BCUT2D eigenvalue weighted by Gasteiger charge is -2.31. The first-order valence-electron chi connectivity index (χ1n) is 27.8. The Hall–Kier alpha value is -7.74. The summed E-state index contributed by atoms with van der Waals surface area (Å²) in [6, 6.07) is -2.78. The number of nitrogens with zero attached hydrogens (tertiary/aromatic N) is 3. The van der Waals surface area contributed by atoms with Crippen LogP contribution in [0.15, 0.2) is 34.3 Å². The molecule has 2 fully saturated rings. The monoisotopic (exact) mass is 1120 g/mol. The maximum Gasteiger partial charge on any atom is 0.245 e. The van der Waals surface area contributed by atoms with Gasteiger partial charge in [-0.1, -0.05) is 71.9 Å². The van der Waals surface area contributed by atoms with E-state index in [0.717, 1.165) is 37.7 Å². The van der Waals surface area contributed by atoms with Crippen LogP contribution in [-0.4, -0.2) is 150 Å². The van der Waals surface area contributed by atoms with Gasteiger partial charge in [-0.05, 0) is 87.8 Å². The number of ether oxygens (including phenoxy) is 1. The van der Waals surface area contributed by atoms with E-state index in [4.69, 9.17) is 39.1 Å². The Kier molecular flexibility index (Phi) is 28.5. The Balaban J connectivity index is 1.81. The van der Waals surface area contributed by atoms with Crippen molar-refractivity contribution in [2.45, 2.75) is 186 Å². The third-order valence-corrected chi connectivity index (χ3v) is 13.9. The van der Waals surface area contributed by atoms with Crippen molar-refractivity contribution in [3.63, 3.8) is 0 Å². The van der Waals surface area contributed by atoms with Gasteiger partial charge < -0.3 is 81.3 Å². The summed E-state index contributed by atoms with van der Waals surface area (Å²) in [6.45, 7) is 9.25. The van der Waals surface area contributed by atoms with Crippen molar-refractivity contribution in [1.29, 1.82) is 0 Å². The molecule has 1 aliphatic carbocycles. The molecule has 1 aromatic rings. The first kappa shape index (κ1) is 66.5. The third-order valence-electron chi connectivity index (χ3n) is 13.9. The highest BCUT2D eigenvalue weighted by Crippen LogP contribution is 2.28. The van der Waals surface area contributed by atoms with Crippen molar-refractivity contribution >= 4 is 71.0 Å². The number of nitrogens with two attached hydrogens (primary N) is 6. The van der Waals surface area contributed by atoms with Gasteiger partial charge in [-0.3, -0.25) is 57.9 Å². The molecular formula is C53H88N16O11. The van der Waals surface area contributed by atoms with E-state index in [-0.39, 0.29) is 101 Å². The number of benzene rings is 1.